The Morgan fingerprint density at radius 3 is 2.66 bits per heavy atom. The number of thiazole rings is 1. The van der Waals surface area contributed by atoms with Crippen molar-refractivity contribution in [2.75, 3.05) is 18.5 Å². The first kappa shape index (κ1) is 20.3. The van der Waals surface area contributed by atoms with Gasteiger partial charge in [0.15, 0.2) is 16.6 Å². The summed E-state index contributed by atoms with van der Waals surface area (Å²) in [5, 5.41) is 13.9. The minimum absolute atomic E-state index is 0.0143. The number of rotatable bonds is 8. The minimum atomic E-state index is -0.465. The SMILES string of the molecule is CCOc1ccc(/C=C/C(=O)Nc2nc3ccc([N+](=O)[O-])cc3s2)cc1OCC. The van der Waals surface area contributed by atoms with Crippen molar-refractivity contribution in [2.45, 2.75) is 13.8 Å². The number of benzene rings is 2. The fourth-order valence-corrected chi connectivity index (χ4v) is 3.47. The topological polar surface area (TPSA) is 104 Å². The summed E-state index contributed by atoms with van der Waals surface area (Å²) in [5.74, 6) is 0.912. The molecule has 0 aliphatic rings. The number of carbonyl (C=O) groups is 1. The van der Waals surface area contributed by atoms with E-state index in [4.69, 9.17) is 9.47 Å². The van der Waals surface area contributed by atoms with Crippen LogP contribution in [0.4, 0.5) is 10.8 Å². The van der Waals surface area contributed by atoms with Crippen molar-refractivity contribution in [1.29, 1.82) is 0 Å². The standard InChI is InChI=1S/C20H19N3O5S/c1-3-27-16-9-5-13(11-17(16)28-4-2)6-10-19(24)22-20-21-15-8-7-14(23(25)26)12-18(15)29-20/h5-12H,3-4H2,1-2H3,(H,21,22,24)/b10-6+. The number of nitrogens with zero attached hydrogens (tertiary/aromatic N) is 2. The first-order valence-electron chi connectivity index (χ1n) is 8.93. The fourth-order valence-electron chi connectivity index (χ4n) is 2.57. The van der Waals surface area contributed by atoms with Crippen LogP contribution in [-0.2, 0) is 4.79 Å². The summed E-state index contributed by atoms with van der Waals surface area (Å²) in [6.45, 7) is 4.82. The molecule has 0 radical (unpaired) electrons. The van der Waals surface area contributed by atoms with E-state index in [0.717, 1.165) is 5.56 Å². The largest absolute Gasteiger partial charge is 0.490 e. The smallest absolute Gasteiger partial charge is 0.270 e. The highest BCUT2D eigenvalue weighted by molar-refractivity contribution is 7.22. The average molecular weight is 413 g/mol. The van der Waals surface area contributed by atoms with Gasteiger partial charge in [0.25, 0.3) is 5.69 Å². The molecule has 0 unspecified atom stereocenters. The Labute approximate surface area is 170 Å². The van der Waals surface area contributed by atoms with Gasteiger partial charge in [-0.2, -0.15) is 0 Å². The molecule has 1 aromatic heterocycles. The van der Waals surface area contributed by atoms with Gasteiger partial charge in [-0.3, -0.25) is 20.2 Å². The maximum Gasteiger partial charge on any atom is 0.270 e. The third-order valence-corrected chi connectivity index (χ3v) is 4.74. The zero-order chi connectivity index (χ0) is 20.8. The van der Waals surface area contributed by atoms with E-state index in [9.17, 15) is 14.9 Å². The van der Waals surface area contributed by atoms with Crippen molar-refractivity contribution in [3.05, 3.63) is 58.2 Å². The number of amides is 1. The van der Waals surface area contributed by atoms with Crippen molar-refractivity contribution >= 4 is 44.4 Å². The highest BCUT2D eigenvalue weighted by atomic mass is 32.1. The summed E-state index contributed by atoms with van der Waals surface area (Å²) < 4.78 is 11.7. The molecule has 0 spiro atoms. The number of nitro groups is 1. The van der Waals surface area contributed by atoms with Crippen LogP contribution in [0.15, 0.2) is 42.5 Å². The quantitative estimate of drug-likeness (QED) is 0.327. The van der Waals surface area contributed by atoms with E-state index in [0.29, 0.717) is 40.1 Å². The number of nitro benzene ring substituents is 1. The van der Waals surface area contributed by atoms with Crippen molar-refractivity contribution in [2.24, 2.45) is 0 Å². The summed E-state index contributed by atoms with van der Waals surface area (Å²) in [6, 6.07) is 9.81. The molecule has 3 aromatic rings. The van der Waals surface area contributed by atoms with E-state index in [1.807, 2.05) is 19.9 Å². The maximum absolute atomic E-state index is 12.2. The second kappa shape index (κ2) is 9.16. The summed E-state index contributed by atoms with van der Waals surface area (Å²) in [7, 11) is 0. The van der Waals surface area contributed by atoms with Gasteiger partial charge in [0, 0.05) is 18.2 Å². The van der Waals surface area contributed by atoms with E-state index in [-0.39, 0.29) is 11.6 Å². The number of aromatic nitrogens is 1. The Morgan fingerprint density at radius 2 is 1.93 bits per heavy atom. The molecule has 1 N–H and O–H groups in total. The predicted molar refractivity (Wildman–Crippen MR) is 113 cm³/mol. The molecule has 0 saturated heterocycles. The summed E-state index contributed by atoms with van der Waals surface area (Å²) in [6.07, 6.45) is 3.05. The van der Waals surface area contributed by atoms with Gasteiger partial charge in [-0.1, -0.05) is 17.4 Å². The van der Waals surface area contributed by atoms with Crippen LogP contribution in [0.5, 0.6) is 11.5 Å². The Morgan fingerprint density at radius 1 is 1.17 bits per heavy atom. The molecule has 1 heterocycles. The van der Waals surface area contributed by atoms with E-state index in [2.05, 4.69) is 10.3 Å². The van der Waals surface area contributed by atoms with E-state index in [1.165, 1.54) is 29.5 Å². The monoisotopic (exact) mass is 413 g/mol. The third kappa shape index (κ3) is 5.08. The highest BCUT2D eigenvalue weighted by Crippen LogP contribution is 2.30. The van der Waals surface area contributed by atoms with Crippen LogP contribution in [-0.4, -0.2) is 29.0 Å². The summed E-state index contributed by atoms with van der Waals surface area (Å²) >= 11 is 1.18. The minimum Gasteiger partial charge on any atom is -0.490 e. The number of hydrogen-bond donors (Lipinski definition) is 1. The average Bonchev–Trinajstić information content (AvgIpc) is 3.09. The first-order chi connectivity index (χ1) is 14.0. The predicted octanol–water partition coefficient (Wildman–Crippen LogP) is 4.65. The van der Waals surface area contributed by atoms with Gasteiger partial charge in [0.2, 0.25) is 5.91 Å². The van der Waals surface area contributed by atoms with Crippen LogP contribution in [0.1, 0.15) is 19.4 Å². The van der Waals surface area contributed by atoms with E-state index in [1.54, 1.807) is 24.3 Å². The summed E-state index contributed by atoms with van der Waals surface area (Å²) in [4.78, 5) is 26.9. The van der Waals surface area contributed by atoms with Gasteiger partial charge in [0.1, 0.15) is 0 Å². The van der Waals surface area contributed by atoms with Gasteiger partial charge < -0.3 is 9.47 Å². The van der Waals surface area contributed by atoms with Crippen molar-refractivity contribution < 1.29 is 19.2 Å². The normalized spacial score (nSPS) is 11.0. The van der Waals surface area contributed by atoms with Crippen LogP contribution in [0.3, 0.4) is 0 Å². The van der Waals surface area contributed by atoms with Crippen molar-refractivity contribution in [3.63, 3.8) is 0 Å². The number of fused-ring (bicyclic) bond motifs is 1. The number of anilines is 1. The van der Waals surface area contributed by atoms with Crippen LogP contribution >= 0.6 is 11.3 Å². The van der Waals surface area contributed by atoms with Crippen LogP contribution in [0.2, 0.25) is 0 Å². The lowest BCUT2D eigenvalue weighted by Gasteiger charge is -2.11. The second-order valence-electron chi connectivity index (χ2n) is 5.82. The molecule has 2 aromatic carbocycles. The van der Waals surface area contributed by atoms with Gasteiger partial charge in [-0.15, -0.1) is 0 Å². The van der Waals surface area contributed by atoms with Gasteiger partial charge in [-0.05, 0) is 43.7 Å². The molecular weight excluding hydrogens is 394 g/mol. The third-order valence-electron chi connectivity index (χ3n) is 3.81. The van der Waals surface area contributed by atoms with Crippen molar-refractivity contribution in [1.82, 2.24) is 4.98 Å². The number of carbonyl (C=O) groups excluding carboxylic acids is 1. The molecule has 29 heavy (non-hydrogen) atoms. The fraction of sp³-hybridized carbons (Fsp3) is 0.200. The van der Waals surface area contributed by atoms with Crippen LogP contribution in [0, 0.1) is 10.1 Å². The number of hydrogen-bond acceptors (Lipinski definition) is 7. The molecule has 0 bridgehead atoms. The lowest BCUT2D eigenvalue weighted by Crippen LogP contribution is -2.07. The van der Waals surface area contributed by atoms with Crippen LogP contribution in [0.25, 0.3) is 16.3 Å². The molecule has 0 atom stereocenters. The lowest BCUT2D eigenvalue weighted by molar-refractivity contribution is -0.384. The van der Waals surface area contributed by atoms with Gasteiger partial charge >= 0.3 is 0 Å². The number of non-ortho nitro benzene ring substituents is 1. The van der Waals surface area contributed by atoms with Crippen LogP contribution < -0.4 is 14.8 Å². The number of ether oxygens (including phenoxy) is 2. The molecule has 0 aliphatic carbocycles. The molecule has 150 valence electrons. The molecular formula is C20H19N3O5S. The Balaban J connectivity index is 1.71. The molecule has 8 nitrogen and oxygen atoms in total. The molecule has 9 heteroatoms. The number of nitrogens with one attached hydrogen (secondary N) is 1. The van der Waals surface area contributed by atoms with E-state index >= 15 is 0 Å². The zero-order valence-corrected chi connectivity index (χ0v) is 16.7. The Bertz CT molecular complexity index is 1080. The second-order valence-corrected chi connectivity index (χ2v) is 6.85. The maximum atomic E-state index is 12.2. The lowest BCUT2D eigenvalue weighted by atomic mass is 10.2. The molecule has 1 amide bonds. The summed E-state index contributed by atoms with van der Waals surface area (Å²) in [5.41, 5.74) is 1.36. The molecule has 0 fully saturated rings. The zero-order valence-electron chi connectivity index (χ0n) is 15.9. The van der Waals surface area contributed by atoms with Gasteiger partial charge in [0.05, 0.1) is 28.4 Å². The Kier molecular flexibility index (Phi) is 6.40. The molecule has 0 saturated carbocycles. The van der Waals surface area contributed by atoms with E-state index < -0.39 is 4.92 Å². The highest BCUT2D eigenvalue weighted by Gasteiger charge is 2.11. The van der Waals surface area contributed by atoms with Gasteiger partial charge in [-0.25, -0.2) is 4.98 Å². The first-order valence-corrected chi connectivity index (χ1v) is 9.75. The Hall–Kier alpha value is -3.46. The molecule has 0 aliphatic heterocycles. The van der Waals surface area contributed by atoms with Crippen molar-refractivity contribution in [3.8, 4) is 11.5 Å². The molecule has 3 rings (SSSR count).